The smallest absolute Gasteiger partial charge is 0.137 e. The highest BCUT2D eigenvalue weighted by molar-refractivity contribution is 5.67. The Morgan fingerprint density at radius 1 is 0.800 bits per heavy atom. The zero-order valence-electron chi connectivity index (χ0n) is 11.8. The summed E-state index contributed by atoms with van der Waals surface area (Å²) in [6, 6.07) is 7.13. The summed E-state index contributed by atoms with van der Waals surface area (Å²) >= 11 is 0. The lowest BCUT2D eigenvalue weighted by molar-refractivity contribution is 0.783. The number of allylic oxidation sites excluding steroid dienone is 6. The van der Waals surface area contributed by atoms with E-state index in [1.165, 1.54) is 0 Å². The van der Waals surface area contributed by atoms with Crippen LogP contribution < -0.4 is 0 Å². The van der Waals surface area contributed by atoms with Crippen LogP contribution in [0.2, 0.25) is 0 Å². The van der Waals surface area contributed by atoms with Crippen LogP contribution in [0.1, 0.15) is 20.8 Å². The maximum Gasteiger partial charge on any atom is 0.137 e. The highest BCUT2D eigenvalue weighted by atomic mass is 14.3. The van der Waals surface area contributed by atoms with Crippen LogP contribution >= 0.6 is 0 Å². The van der Waals surface area contributed by atoms with Crippen molar-refractivity contribution in [2.75, 3.05) is 0 Å². The van der Waals surface area contributed by atoms with Gasteiger partial charge < -0.3 is 0 Å². The van der Waals surface area contributed by atoms with Gasteiger partial charge in [-0.25, -0.2) is 0 Å². The lowest BCUT2D eigenvalue weighted by atomic mass is 9.83. The van der Waals surface area contributed by atoms with E-state index in [1.54, 1.807) is 31.2 Å². The van der Waals surface area contributed by atoms with Crippen molar-refractivity contribution in [3.63, 3.8) is 0 Å². The lowest BCUT2D eigenvalue weighted by Crippen LogP contribution is -2.06. The first-order chi connectivity index (χ1) is 9.35. The van der Waals surface area contributed by atoms with Crippen LogP contribution in [0.5, 0.6) is 0 Å². The standard InChI is InChI=1S/C16H14N4/c1-10(2)12(5)16(14(8-19)9-20)15(11(3)4)13(6-17)7-18/h10H,3,5H2,1-2,4H3. The molecule has 4 heteroatoms. The molecule has 0 bridgehead atoms. The van der Waals surface area contributed by atoms with Gasteiger partial charge in [-0.1, -0.05) is 27.0 Å². The van der Waals surface area contributed by atoms with Gasteiger partial charge in [-0.05, 0) is 24.0 Å². The van der Waals surface area contributed by atoms with Gasteiger partial charge in [-0.15, -0.1) is 0 Å². The zero-order valence-corrected chi connectivity index (χ0v) is 11.8. The highest BCUT2D eigenvalue weighted by Gasteiger charge is 2.21. The van der Waals surface area contributed by atoms with Gasteiger partial charge in [0.1, 0.15) is 35.4 Å². The molecule has 0 N–H and O–H groups in total. The summed E-state index contributed by atoms with van der Waals surface area (Å²) in [6.45, 7) is 12.9. The highest BCUT2D eigenvalue weighted by Crippen LogP contribution is 2.32. The maximum atomic E-state index is 9.10. The van der Waals surface area contributed by atoms with E-state index < -0.39 is 0 Å². The molecule has 0 aliphatic heterocycles. The second-order valence-corrected chi connectivity index (χ2v) is 4.41. The van der Waals surface area contributed by atoms with Gasteiger partial charge in [0.05, 0.1) is 0 Å². The fourth-order valence-corrected chi connectivity index (χ4v) is 1.56. The average Bonchev–Trinajstić information content (AvgIpc) is 2.41. The summed E-state index contributed by atoms with van der Waals surface area (Å²) in [6.07, 6.45) is 0. The van der Waals surface area contributed by atoms with Crippen molar-refractivity contribution in [2.24, 2.45) is 5.92 Å². The van der Waals surface area contributed by atoms with E-state index in [4.69, 9.17) is 21.0 Å². The van der Waals surface area contributed by atoms with Crippen molar-refractivity contribution >= 4 is 0 Å². The molecule has 0 spiro atoms. The Bertz CT molecular complexity index is 642. The van der Waals surface area contributed by atoms with Crippen LogP contribution in [0.3, 0.4) is 0 Å². The summed E-state index contributed by atoms with van der Waals surface area (Å²) in [4.78, 5) is 0. The van der Waals surface area contributed by atoms with Crippen LogP contribution in [0.25, 0.3) is 0 Å². The first-order valence-corrected chi connectivity index (χ1v) is 5.79. The second kappa shape index (κ2) is 7.38. The molecule has 0 radical (unpaired) electrons. The predicted molar refractivity (Wildman–Crippen MR) is 75.3 cm³/mol. The largest absolute Gasteiger partial charge is 0.192 e. The van der Waals surface area contributed by atoms with Crippen LogP contribution in [-0.4, -0.2) is 0 Å². The summed E-state index contributed by atoms with van der Waals surface area (Å²) in [5.74, 6) is -0.0466. The minimum Gasteiger partial charge on any atom is -0.192 e. The number of nitrogens with zero attached hydrogens (tertiary/aromatic N) is 4. The third-order valence-electron chi connectivity index (χ3n) is 2.64. The van der Waals surface area contributed by atoms with Crippen LogP contribution in [0.15, 0.2) is 46.6 Å². The van der Waals surface area contributed by atoms with E-state index in [9.17, 15) is 0 Å². The maximum absolute atomic E-state index is 9.10. The molecule has 98 valence electrons. The van der Waals surface area contributed by atoms with Crippen molar-refractivity contribution < 1.29 is 0 Å². The normalized spacial score (nSPS) is 8.40. The molecule has 0 aromatic heterocycles. The Morgan fingerprint density at radius 2 is 1.15 bits per heavy atom. The molecule has 0 heterocycles. The molecule has 0 aliphatic rings. The van der Waals surface area contributed by atoms with Gasteiger partial charge in [0.15, 0.2) is 0 Å². The monoisotopic (exact) mass is 262 g/mol. The Balaban J connectivity index is 6.78. The zero-order chi connectivity index (χ0) is 15.9. The molecule has 0 aliphatic carbocycles. The SMILES string of the molecule is C=C(C)C(=C(C#N)C#N)C(C(=C)C(C)C)=C(C#N)C#N. The van der Waals surface area contributed by atoms with Crippen molar-refractivity contribution in [3.8, 4) is 24.3 Å². The van der Waals surface area contributed by atoms with Gasteiger partial charge in [-0.2, -0.15) is 21.0 Å². The first-order valence-electron chi connectivity index (χ1n) is 5.79. The molecule has 0 amide bonds. The predicted octanol–water partition coefficient (Wildman–Crippen LogP) is 3.46. The molecule has 0 rings (SSSR count). The molecular formula is C16H14N4. The van der Waals surface area contributed by atoms with Crippen molar-refractivity contribution in [3.05, 3.63) is 46.6 Å². The third kappa shape index (κ3) is 3.46. The van der Waals surface area contributed by atoms with E-state index in [0.717, 1.165) is 0 Å². The average molecular weight is 262 g/mol. The molecule has 20 heavy (non-hydrogen) atoms. The minimum absolute atomic E-state index is 0.0466. The van der Waals surface area contributed by atoms with Crippen LogP contribution in [0.4, 0.5) is 0 Å². The van der Waals surface area contributed by atoms with Gasteiger partial charge in [0, 0.05) is 11.1 Å². The molecule has 0 atom stereocenters. The number of hydrogen-bond donors (Lipinski definition) is 0. The molecule has 0 aromatic carbocycles. The van der Waals surface area contributed by atoms with Crippen molar-refractivity contribution in [1.82, 2.24) is 0 Å². The number of hydrogen-bond acceptors (Lipinski definition) is 4. The van der Waals surface area contributed by atoms with Gasteiger partial charge in [0.2, 0.25) is 0 Å². The second-order valence-electron chi connectivity index (χ2n) is 4.41. The molecule has 0 saturated carbocycles. The Hall–Kier alpha value is -3.08. The van der Waals surface area contributed by atoms with Gasteiger partial charge in [0.25, 0.3) is 0 Å². The Labute approximate surface area is 119 Å². The van der Waals surface area contributed by atoms with Gasteiger partial charge >= 0.3 is 0 Å². The van der Waals surface area contributed by atoms with Crippen molar-refractivity contribution in [1.29, 1.82) is 21.0 Å². The van der Waals surface area contributed by atoms with Crippen molar-refractivity contribution in [2.45, 2.75) is 20.8 Å². The van der Waals surface area contributed by atoms with Gasteiger partial charge in [-0.3, -0.25) is 0 Å². The first kappa shape index (κ1) is 16.9. The molecule has 0 saturated heterocycles. The molecule has 0 unspecified atom stereocenters. The molecule has 4 nitrogen and oxygen atoms in total. The topological polar surface area (TPSA) is 95.2 Å². The fourth-order valence-electron chi connectivity index (χ4n) is 1.56. The Kier molecular flexibility index (Phi) is 6.24. The summed E-state index contributed by atoms with van der Waals surface area (Å²) in [5, 5.41) is 36.3. The Morgan fingerprint density at radius 3 is 1.40 bits per heavy atom. The minimum atomic E-state index is -0.183. The summed E-state index contributed by atoms with van der Waals surface area (Å²) < 4.78 is 0. The molecule has 0 aromatic rings. The summed E-state index contributed by atoms with van der Waals surface area (Å²) in [7, 11) is 0. The quantitative estimate of drug-likeness (QED) is 0.572. The molecule has 0 fully saturated rings. The summed E-state index contributed by atoms with van der Waals surface area (Å²) in [5.41, 5.74) is 1.04. The van der Waals surface area contributed by atoms with Crippen LogP contribution in [-0.2, 0) is 0 Å². The van der Waals surface area contributed by atoms with E-state index in [-0.39, 0.29) is 28.2 Å². The third-order valence-corrected chi connectivity index (χ3v) is 2.64. The van der Waals surface area contributed by atoms with Crippen LogP contribution in [0, 0.1) is 51.2 Å². The van der Waals surface area contributed by atoms with E-state index in [2.05, 4.69) is 13.2 Å². The number of nitriles is 4. The van der Waals surface area contributed by atoms with E-state index in [0.29, 0.717) is 11.1 Å². The lowest BCUT2D eigenvalue weighted by Gasteiger charge is -2.18. The number of rotatable bonds is 4. The van der Waals surface area contributed by atoms with E-state index in [1.807, 2.05) is 13.8 Å². The van der Waals surface area contributed by atoms with E-state index >= 15 is 0 Å². The molecular weight excluding hydrogens is 248 g/mol. The fraction of sp³-hybridized carbons (Fsp3) is 0.250.